The van der Waals surface area contributed by atoms with Crippen LogP contribution in [0.2, 0.25) is 0 Å². The molecule has 0 radical (unpaired) electrons. The fourth-order valence-corrected chi connectivity index (χ4v) is 5.85. The molecule has 4 unspecified atom stereocenters. The summed E-state index contributed by atoms with van der Waals surface area (Å²) in [5.74, 6) is 3.55. The van der Waals surface area contributed by atoms with E-state index in [0.717, 1.165) is 18.3 Å². The molecule has 0 aromatic rings. The Morgan fingerprint density at radius 2 is 2.05 bits per heavy atom. The summed E-state index contributed by atoms with van der Waals surface area (Å²) < 4.78 is 0. The van der Waals surface area contributed by atoms with Crippen LogP contribution in [0.5, 0.6) is 0 Å². The third kappa shape index (κ3) is 2.36. The summed E-state index contributed by atoms with van der Waals surface area (Å²) in [6, 6.07) is 0. The molecule has 2 fully saturated rings. The van der Waals surface area contributed by atoms with Gasteiger partial charge in [0.25, 0.3) is 0 Å². The van der Waals surface area contributed by atoms with Crippen molar-refractivity contribution in [3.05, 3.63) is 34.2 Å². The fraction of sp³-hybridized carbons (Fsp3) is 0.762. The van der Waals surface area contributed by atoms with E-state index in [-0.39, 0.29) is 5.54 Å². The van der Waals surface area contributed by atoms with Gasteiger partial charge in [0.2, 0.25) is 5.54 Å². The molecule has 22 heavy (non-hydrogen) atoms. The molecule has 0 aromatic carbocycles. The molecule has 0 aromatic heterocycles. The van der Waals surface area contributed by atoms with Crippen LogP contribution in [0.1, 0.15) is 66.7 Å². The largest absolute Gasteiger partial charge is 0.310 e. The van der Waals surface area contributed by atoms with Gasteiger partial charge in [-0.15, -0.1) is 0 Å². The van der Waals surface area contributed by atoms with E-state index in [1.54, 1.807) is 11.1 Å². The van der Waals surface area contributed by atoms with Crippen LogP contribution in [0.4, 0.5) is 0 Å². The second-order valence-corrected chi connectivity index (χ2v) is 8.64. The molecule has 0 aliphatic heterocycles. The quantitative estimate of drug-likeness (QED) is 0.410. The van der Waals surface area contributed by atoms with Crippen LogP contribution in [0, 0.1) is 36.2 Å². The highest BCUT2D eigenvalue weighted by Crippen LogP contribution is 2.59. The molecule has 0 bridgehead atoms. The van der Waals surface area contributed by atoms with E-state index in [1.165, 1.54) is 31.3 Å². The standard InChI is InChI=1S/C21H31N/c1-13(2)11-16-12-15(4)17-9-10-21(5,22-6)18-8-7-14(3)19(16)20(17)18/h11,15-18,20H,7-10,12H2,1-5H3/t15?,16?,17?,18?,20-,21+/m1/s1. The van der Waals surface area contributed by atoms with Gasteiger partial charge in [0.05, 0.1) is 0 Å². The zero-order chi connectivity index (χ0) is 16.1. The number of hydrogen-bond acceptors (Lipinski definition) is 0. The van der Waals surface area contributed by atoms with E-state index >= 15 is 0 Å². The van der Waals surface area contributed by atoms with Gasteiger partial charge in [-0.3, -0.25) is 0 Å². The Morgan fingerprint density at radius 1 is 1.32 bits per heavy atom. The maximum absolute atomic E-state index is 7.78. The first kappa shape index (κ1) is 15.9. The summed E-state index contributed by atoms with van der Waals surface area (Å²) in [6.45, 7) is 19.3. The van der Waals surface area contributed by atoms with Gasteiger partial charge in [-0.2, -0.15) is 0 Å². The Hall–Kier alpha value is -1.03. The Kier molecular flexibility index (Phi) is 4.00. The van der Waals surface area contributed by atoms with E-state index in [2.05, 4.69) is 45.5 Å². The zero-order valence-corrected chi connectivity index (χ0v) is 14.9. The molecule has 3 aliphatic carbocycles. The summed E-state index contributed by atoms with van der Waals surface area (Å²) in [4.78, 5) is 4.14. The van der Waals surface area contributed by atoms with Gasteiger partial charge < -0.3 is 4.85 Å². The van der Waals surface area contributed by atoms with Gasteiger partial charge in [0.1, 0.15) is 0 Å². The molecule has 2 saturated carbocycles. The summed E-state index contributed by atoms with van der Waals surface area (Å²) in [5, 5.41) is 0. The molecule has 0 N–H and O–H groups in total. The van der Waals surface area contributed by atoms with Crippen LogP contribution in [0.3, 0.4) is 0 Å². The molecule has 6 atom stereocenters. The maximum atomic E-state index is 7.78. The minimum atomic E-state index is -0.111. The Balaban J connectivity index is 2.08. The Bertz CT molecular complexity index is 557. The van der Waals surface area contributed by atoms with E-state index in [4.69, 9.17) is 6.57 Å². The first-order valence-electron chi connectivity index (χ1n) is 9.10. The molecule has 0 amide bonds. The van der Waals surface area contributed by atoms with Crippen molar-refractivity contribution in [1.29, 1.82) is 0 Å². The Labute approximate surface area is 136 Å². The van der Waals surface area contributed by atoms with Gasteiger partial charge in [0.15, 0.2) is 0 Å². The molecule has 3 aliphatic rings. The topological polar surface area (TPSA) is 4.36 Å². The summed E-state index contributed by atoms with van der Waals surface area (Å²) in [6.07, 6.45) is 8.67. The van der Waals surface area contributed by atoms with Crippen molar-refractivity contribution in [2.45, 2.75) is 72.3 Å². The molecule has 0 heterocycles. The van der Waals surface area contributed by atoms with Crippen LogP contribution in [-0.4, -0.2) is 5.54 Å². The lowest BCUT2D eigenvalue weighted by Gasteiger charge is -2.54. The molecular weight excluding hydrogens is 266 g/mol. The Morgan fingerprint density at radius 3 is 2.68 bits per heavy atom. The fourth-order valence-electron chi connectivity index (χ4n) is 5.85. The molecule has 1 nitrogen and oxygen atoms in total. The SMILES string of the molecule is [C-]#[N+][C@@]1(C)CCC2C(C)CC(C=C(C)C)C3=C(C)CCC1[C@H]32. The second-order valence-electron chi connectivity index (χ2n) is 8.64. The summed E-state index contributed by atoms with van der Waals surface area (Å²) >= 11 is 0. The monoisotopic (exact) mass is 297 g/mol. The molecular formula is C21H31N. The number of nitrogens with zero attached hydrogens (tertiary/aromatic N) is 1. The predicted molar refractivity (Wildman–Crippen MR) is 93.3 cm³/mol. The van der Waals surface area contributed by atoms with Crippen LogP contribution < -0.4 is 0 Å². The van der Waals surface area contributed by atoms with Crippen LogP contribution in [0.15, 0.2) is 22.8 Å². The first-order chi connectivity index (χ1) is 10.4. The average Bonchev–Trinajstić information content (AvgIpc) is 2.45. The summed E-state index contributed by atoms with van der Waals surface area (Å²) in [7, 11) is 0. The van der Waals surface area contributed by atoms with Gasteiger partial charge in [-0.25, -0.2) is 6.57 Å². The van der Waals surface area contributed by atoms with Crippen molar-refractivity contribution in [3.63, 3.8) is 0 Å². The number of allylic oxidation sites excluding steroid dienone is 4. The molecule has 0 saturated heterocycles. The molecule has 3 rings (SSSR count). The number of hydrogen-bond donors (Lipinski definition) is 0. The van der Waals surface area contributed by atoms with Gasteiger partial charge >= 0.3 is 0 Å². The van der Waals surface area contributed by atoms with E-state index in [0.29, 0.717) is 17.8 Å². The maximum Gasteiger partial charge on any atom is 0.233 e. The van der Waals surface area contributed by atoms with E-state index in [9.17, 15) is 0 Å². The lowest BCUT2D eigenvalue weighted by Crippen LogP contribution is -2.51. The summed E-state index contributed by atoms with van der Waals surface area (Å²) in [5.41, 5.74) is 4.73. The van der Waals surface area contributed by atoms with Crippen LogP contribution >= 0.6 is 0 Å². The third-order valence-electron chi connectivity index (χ3n) is 6.91. The van der Waals surface area contributed by atoms with Gasteiger partial charge in [0, 0.05) is 19.3 Å². The average molecular weight is 297 g/mol. The molecule has 120 valence electrons. The van der Waals surface area contributed by atoms with Crippen molar-refractivity contribution in [1.82, 2.24) is 0 Å². The number of rotatable bonds is 1. The van der Waals surface area contributed by atoms with Crippen molar-refractivity contribution in [2.24, 2.45) is 29.6 Å². The van der Waals surface area contributed by atoms with Crippen LogP contribution in [0.25, 0.3) is 4.85 Å². The van der Waals surface area contributed by atoms with E-state index < -0.39 is 0 Å². The lowest BCUT2D eigenvalue weighted by molar-refractivity contribution is 0.0400. The normalized spacial score (nSPS) is 44.1. The van der Waals surface area contributed by atoms with E-state index in [1.807, 2.05) is 0 Å². The second kappa shape index (κ2) is 5.55. The van der Waals surface area contributed by atoms with Crippen molar-refractivity contribution in [2.75, 3.05) is 0 Å². The van der Waals surface area contributed by atoms with Gasteiger partial charge in [-0.05, 0) is 70.1 Å². The third-order valence-corrected chi connectivity index (χ3v) is 6.91. The lowest BCUT2D eigenvalue weighted by atomic mass is 9.49. The minimum Gasteiger partial charge on any atom is -0.310 e. The van der Waals surface area contributed by atoms with Crippen molar-refractivity contribution >= 4 is 0 Å². The zero-order valence-electron chi connectivity index (χ0n) is 14.9. The molecule has 1 heteroatoms. The van der Waals surface area contributed by atoms with Gasteiger partial charge in [-0.1, -0.05) is 29.7 Å². The van der Waals surface area contributed by atoms with Crippen molar-refractivity contribution in [3.8, 4) is 0 Å². The first-order valence-corrected chi connectivity index (χ1v) is 9.10. The highest BCUT2D eigenvalue weighted by Gasteiger charge is 2.56. The molecule has 0 spiro atoms. The van der Waals surface area contributed by atoms with Crippen molar-refractivity contribution < 1.29 is 0 Å². The predicted octanol–water partition coefficient (Wildman–Crippen LogP) is 6.04. The highest BCUT2D eigenvalue weighted by atomic mass is 14.8. The smallest absolute Gasteiger partial charge is 0.233 e. The highest BCUT2D eigenvalue weighted by molar-refractivity contribution is 5.33. The minimum absolute atomic E-state index is 0.111. The van der Waals surface area contributed by atoms with Crippen LogP contribution in [-0.2, 0) is 0 Å².